The number of nitrogens with one attached hydrogen (secondary N) is 1. The molecule has 124 valence electrons. The summed E-state index contributed by atoms with van der Waals surface area (Å²) in [6.07, 6.45) is 0.762. The molecular weight excluding hydrogens is 316 g/mol. The van der Waals surface area contributed by atoms with E-state index in [1.807, 2.05) is 18.2 Å². The summed E-state index contributed by atoms with van der Waals surface area (Å²) in [5.41, 5.74) is 0.602. The van der Waals surface area contributed by atoms with Crippen molar-refractivity contribution in [3.05, 3.63) is 35.0 Å². The number of fused-ring (bicyclic) bond motifs is 1. The van der Waals surface area contributed by atoms with Gasteiger partial charge in [0.15, 0.2) is 0 Å². The van der Waals surface area contributed by atoms with E-state index in [0.29, 0.717) is 23.8 Å². The lowest BCUT2D eigenvalue weighted by atomic mass is 10.1. The number of hydrogen-bond acceptors (Lipinski definition) is 3. The van der Waals surface area contributed by atoms with Crippen LogP contribution in [0.15, 0.2) is 24.3 Å². The Hall–Kier alpha value is -1.56. The van der Waals surface area contributed by atoms with Gasteiger partial charge in [-0.15, -0.1) is 0 Å². The van der Waals surface area contributed by atoms with E-state index in [1.165, 1.54) is 0 Å². The maximum Gasteiger partial charge on any atom is 0.270 e. The van der Waals surface area contributed by atoms with E-state index in [2.05, 4.69) is 4.98 Å². The summed E-state index contributed by atoms with van der Waals surface area (Å²) in [6, 6.07) is 7.33. The second kappa shape index (κ2) is 6.15. The molecular formula is C17H21ClN2O3. The van der Waals surface area contributed by atoms with Crippen LogP contribution in [-0.4, -0.2) is 52.3 Å². The SMILES string of the molecule is CC(C)(O)CO[C@@H]1CCN(C(=O)c2cc3cc(Cl)ccc3[nH]2)C1. The molecule has 23 heavy (non-hydrogen) atoms. The molecule has 5 nitrogen and oxygen atoms in total. The first-order valence-corrected chi connectivity index (χ1v) is 8.11. The normalized spacial score (nSPS) is 18.8. The Labute approximate surface area is 140 Å². The fourth-order valence-corrected chi connectivity index (χ4v) is 2.94. The lowest BCUT2D eigenvalue weighted by molar-refractivity contribution is -0.0488. The minimum absolute atomic E-state index is 0.0239. The van der Waals surface area contributed by atoms with Crippen LogP contribution in [0.2, 0.25) is 5.02 Å². The highest BCUT2D eigenvalue weighted by Gasteiger charge is 2.29. The number of H-pyrrole nitrogens is 1. The number of benzene rings is 1. The fraction of sp³-hybridized carbons (Fsp3) is 0.471. The van der Waals surface area contributed by atoms with E-state index in [9.17, 15) is 9.90 Å². The topological polar surface area (TPSA) is 65.6 Å². The Morgan fingerprint density at radius 2 is 2.26 bits per heavy atom. The third kappa shape index (κ3) is 3.86. The highest BCUT2D eigenvalue weighted by atomic mass is 35.5. The quantitative estimate of drug-likeness (QED) is 0.902. The summed E-state index contributed by atoms with van der Waals surface area (Å²) >= 11 is 5.98. The Morgan fingerprint density at radius 3 is 3.00 bits per heavy atom. The molecule has 1 fully saturated rings. The third-order valence-electron chi connectivity index (χ3n) is 3.92. The van der Waals surface area contributed by atoms with E-state index in [4.69, 9.17) is 16.3 Å². The highest BCUT2D eigenvalue weighted by Crippen LogP contribution is 2.22. The van der Waals surface area contributed by atoms with Gasteiger partial charge in [0.05, 0.1) is 18.3 Å². The number of aromatic amines is 1. The van der Waals surface area contributed by atoms with Gasteiger partial charge in [0.25, 0.3) is 5.91 Å². The summed E-state index contributed by atoms with van der Waals surface area (Å²) in [5.74, 6) is -0.0355. The number of ether oxygens (including phenoxy) is 1. The monoisotopic (exact) mass is 336 g/mol. The van der Waals surface area contributed by atoms with Crippen molar-refractivity contribution in [2.24, 2.45) is 0 Å². The average molecular weight is 337 g/mol. The van der Waals surface area contributed by atoms with Crippen LogP contribution in [0.1, 0.15) is 30.8 Å². The molecule has 6 heteroatoms. The zero-order chi connectivity index (χ0) is 16.6. The first-order chi connectivity index (χ1) is 10.8. The molecule has 2 N–H and O–H groups in total. The van der Waals surface area contributed by atoms with Crippen molar-refractivity contribution < 1.29 is 14.6 Å². The molecule has 2 heterocycles. The van der Waals surface area contributed by atoms with Gasteiger partial charge < -0.3 is 19.7 Å². The van der Waals surface area contributed by atoms with Crippen LogP contribution in [-0.2, 0) is 4.74 Å². The molecule has 1 aromatic heterocycles. The number of likely N-dealkylation sites (tertiary alicyclic amines) is 1. The Bertz CT molecular complexity index is 720. The van der Waals surface area contributed by atoms with Crippen molar-refractivity contribution in [1.82, 2.24) is 9.88 Å². The van der Waals surface area contributed by atoms with Gasteiger partial charge >= 0.3 is 0 Å². The van der Waals surface area contributed by atoms with Crippen LogP contribution in [0.4, 0.5) is 0 Å². The van der Waals surface area contributed by atoms with Crippen LogP contribution in [0, 0.1) is 0 Å². The lowest BCUT2D eigenvalue weighted by Gasteiger charge is -2.21. The molecule has 0 saturated carbocycles. The van der Waals surface area contributed by atoms with Crippen molar-refractivity contribution in [1.29, 1.82) is 0 Å². The smallest absolute Gasteiger partial charge is 0.270 e. The van der Waals surface area contributed by atoms with E-state index < -0.39 is 5.60 Å². The van der Waals surface area contributed by atoms with Crippen LogP contribution in [0.25, 0.3) is 10.9 Å². The van der Waals surface area contributed by atoms with Crippen LogP contribution < -0.4 is 0 Å². The fourth-order valence-electron chi connectivity index (χ4n) is 2.76. The molecule has 3 rings (SSSR count). The molecule has 1 aromatic carbocycles. The predicted molar refractivity (Wildman–Crippen MR) is 89.9 cm³/mol. The lowest BCUT2D eigenvalue weighted by Crippen LogP contribution is -2.33. The van der Waals surface area contributed by atoms with Crippen LogP contribution in [0.5, 0.6) is 0 Å². The van der Waals surface area contributed by atoms with Crippen molar-refractivity contribution in [2.45, 2.75) is 32.0 Å². The number of aliphatic hydroxyl groups is 1. The minimum atomic E-state index is -0.853. The zero-order valence-electron chi connectivity index (χ0n) is 13.3. The molecule has 0 spiro atoms. The van der Waals surface area contributed by atoms with Crippen LogP contribution >= 0.6 is 11.6 Å². The van der Waals surface area contributed by atoms with Crippen LogP contribution in [0.3, 0.4) is 0 Å². The molecule has 1 saturated heterocycles. The Balaban J connectivity index is 1.66. The summed E-state index contributed by atoms with van der Waals surface area (Å²) in [7, 11) is 0. The summed E-state index contributed by atoms with van der Waals surface area (Å²) in [4.78, 5) is 17.5. The zero-order valence-corrected chi connectivity index (χ0v) is 14.1. The van der Waals surface area contributed by atoms with Crippen molar-refractivity contribution in [3.8, 4) is 0 Å². The van der Waals surface area contributed by atoms with Gasteiger partial charge in [-0.3, -0.25) is 4.79 Å². The van der Waals surface area contributed by atoms with E-state index in [1.54, 1.807) is 24.8 Å². The van der Waals surface area contributed by atoms with Gasteiger partial charge in [0.1, 0.15) is 5.69 Å². The molecule has 0 unspecified atom stereocenters. The first-order valence-electron chi connectivity index (χ1n) is 7.73. The van der Waals surface area contributed by atoms with E-state index >= 15 is 0 Å². The first kappa shape index (κ1) is 16.3. The van der Waals surface area contributed by atoms with Gasteiger partial charge in [-0.1, -0.05) is 11.6 Å². The number of hydrogen-bond donors (Lipinski definition) is 2. The molecule has 1 aliphatic rings. The number of aromatic nitrogens is 1. The van der Waals surface area contributed by atoms with Crippen molar-refractivity contribution in [2.75, 3.05) is 19.7 Å². The predicted octanol–water partition coefficient (Wildman–Crippen LogP) is 2.82. The summed E-state index contributed by atoms with van der Waals surface area (Å²) < 4.78 is 5.69. The second-order valence-electron chi connectivity index (χ2n) is 6.70. The number of carbonyl (C=O) groups is 1. The van der Waals surface area contributed by atoms with E-state index in [-0.39, 0.29) is 18.6 Å². The van der Waals surface area contributed by atoms with Gasteiger partial charge in [0.2, 0.25) is 0 Å². The van der Waals surface area contributed by atoms with Crippen molar-refractivity contribution >= 4 is 28.4 Å². The number of carbonyl (C=O) groups excluding carboxylic acids is 1. The number of amides is 1. The molecule has 0 radical (unpaired) electrons. The maximum atomic E-state index is 12.6. The Morgan fingerprint density at radius 1 is 1.48 bits per heavy atom. The van der Waals surface area contributed by atoms with Crippen molar-refractivity contribution in [3.63, 3.8) is 0 Å². The molecule has 1 amide bonds. The van der Waals surface area contributed by atoms with E-state index in [0.717, 1.165) is 17.3 Å². The third-order valence-corrected chi connectivity index (χ3v) is 4.15. The van der Waals surface area contributed by atoms with Gasteiger partial charge in [0, 0.05) is 29.0 Å². The molecule has 0 aliphatic carbocycles. The molecule has 0 bridgehead atoms. The summed E-state index contributed by atoms with van der Waals surface area (Å²) in [6.45, 7) is 4.89. The molecule has 1 atom stereocenters. The van der Waals surface area contributed by atoms with Gasteiger partial charge in [-0.05, 0) is 44.5 Å². The minimum Gasteiger partial charge on any atom is -0.388 e. The highest BCUT2D eigenvalue weighted by molar-refractivity contribution is 6.31. The summed E-state index contributed by atoms with van der Waals surface area (Å²) in [5, 5.41) is 11.3. The number of halogens is 1. The Kier molecular flexibility index (Phi) is 4.36. The number of rotatable bonds is 4. The number of nitrogens with zero attached hydrogens (tertiary/aromatic N) is 1. The largest absolute Gasteiger partial charge is 0.388 e. The maximum absolute atomic E-state index is 12.6. The van der Waals surface area contributed by atoms with Gasteiger partial charge in [-0.25, -0.2) is 0 Å². The molecule has 1 aliphatic heterocycles. The van der Waals surface area contributed by atoms with Gasteiger partial charge in [-0.2, -0.15) is 0 Å². The standard InChI is InChI=1S/C17H21ClN2O3/c1-17(2,22)10-23-13-5-6-20(9-13)16(21)15-8-11-7-12(18)3-4-14(11)19-15/h3-4,7-8,13,19,22H,5-6,9-10H2,1-2H3/t13-/m1/s1. The second-order valence-corrected chi connectivity index (χ2v) is 7.14. The average Bonchev–Trinajstić information content (AvgIpc) is 3.09. The molecule has 2 aromatic rings.